The Morgan fingerprint density at radius 1 is 1.40 bits per heavy atom. The number of hydrogen-bond donors (Lipinski definition) is 2. The van der Waals surface area contributed by atoms with Crippen molar-refractivity contribution >= 4 is 27.5 Å². The maximum absolute atomic E-state index is 9.96. The standard InChI is InChI=1S/C11H13BrClNO/c12-7-4-5-8(13)10(11(7)15)9-3-1-2-6-14-9/h4-5,9,14-15H,1-3,6H2/t9-/m0/s1. The van der Waals surface area contributed by atoms with Gasteiger partial charge < -0.3 is 10.4 Å². The summed E-state index contributed by atoms with van der Waals surface area (Å²) in [5.74, 6) is 0.266. The van der Waals surface area contributed by atoms with Crippen molar-refractivity contribution in [2.75, 3.05) is 6.54 Å². The van der Waals surface area contributed by atoms with Crippen LogP contribution in [0.25, 0.3) is 0 Å². The zero-order valence-electron chi connectivity index (χ0n) is 8.26. The Morgan fingerprint density at radius 2 is 2.20 bits per heavy atom. The molecule has 15 heavy (non-hydrogen) atoms. The van der Waals surface area contributed by atoms with Gasteiger partial charge in [-0.15, -0.1) is 0 Å². The summed E-state index contributed by atoms with van der Waals surface area (Å²) in [5.41, 5.74) is 0.825. The SMILES string of the molecule is Oc1c(Br)ccc(Cl)c1[C@@H]1CCCCN1. The van der Waals surface area contributed by atoms with E-state index < -0.39 is 0 Å². The number of nitrogens with one attached hydrogen (secondary N) is 1. The second-order valence-electron chi connectivity index (χ2n) is 3.79. The predicted molar refractivity (Wildman–Crippen MR) is 65.4 cm³/mol. The highest BCUT2D eigenvalue weighted by molar-refractivity contribution is 9.10. The van der Waals surface area contributed by atoms with E-state index in [0.29, 0.717) is 9.50 Å². The Bertz CT molecular complexity index is 364. The molecule has 82 valence electrons. The normalized spacial score (nSPS) is 21.6. The fraction of sp³-hybridized carbons (Fsp3) is 0.455. The van der Waals surface area contributed by atoms with Crippen LogP contribution < -0.4 is 5.32 Å². The predicted octanol–water partition coefficient (Wildman–Crippen LogP) is 3.62. The summed E-state index contributed by atoms with van der Waals surface area (Å²) in [5, 5.41) is 14.0. The van der Waals surface area contributed by atoms with Crippen molar-refractivity contribution in [1.82, 2.24) is 5.32 Å². The molecule has 4 heteroatoms. The van der Waals surface area contributed by atoms with Gasteiger partial charge in [0, 0.05) is 16.6 Å². The molecule has 0 radical (unpaired) electrons. The molecular weight excluding hydrogens is 277 g/mol. The lowest BCUT2D eigenvalue weighted by molar-refractivity contribution is 0.390. The number of hydrogen-bond acceptors (Lipinski definition) is 2. The van der Waals surface area contributed by atoms with Crippen molar-refractivity contribution in [3.05, 3.63) is 27.2 Å². The van der Waals surface area contributed by atoms with Gasteiger partial charge in [0.05, 0.1) is 4.47 Å². The molecule has 1 aliphatic rings. The molecule has 1 aromatic carbocycles. The van der Waals surface area contributed by atoms with E-state index in [0.717, 1.165) is 18.5 Å². The highest BCUT2D eigenvalue weighted by atomic mass is 79.9. The van der Waals surface area contributed by atoms with Gasteiger partial charge in [0.2, 0.25) is 0 Å². The van der Waals surface area contributed by atoms with E-state index in [2.05, 4.69) is 21.2 Å². The number of phenols is 1. The van der Waals surface area contributed by atoms with Gasteiger partial charge in [0.15, 0.2) is 0 Å². The van der Waals surface area contributed by atoms with E-state index in [9.17, 15) is 5.11 Å². The molecule has 0 saturated carbocycles. The molecule has 1 fully saturated rings. The van der Waals surface area contributed by atoms with Crippen LogP contribution in [-0.2, 0) is 0 Å². The van der Waals surface area contributed by atoms with Crippen LogP contribution in [-0.4, -0.2) is 11.7 Å². The number of benzene rings is 1. The number of piperidine rings is 1. The van der Waals surface area contributed by atoms with Crippen LogP contribution in [0.2, 0.25) is 5.02 Å². The van der Waals surface area contributed by atoms with E-state index in [4.69, 9.17) is 11.6 Å². The molecule has 1 saturated heterocycles. The second kappa shape index (κ2) is 4.73. The first-order valence-corrected chi connectivity index (χ1v) is 6.27. The summed E-state index contributed by atoms with van der Waals surface area (Å²) in [6.45, 7) is 0.993. The minimum Gasteiger partial charge on any atom is -0.506 e. The molecule has 1 aliphatic heterocycles. The van der Waals surface area contributed by atoms with Crippen LogP contribution in [0.4, 0.5) is 0 Å². The smallest absolute Gasteiger partial charge is 0.136 e. The molecule has 0 spiro atoms. The summed E-state index contributed by atoms with van der Waals surface area (Å²) < 4.78 is 0.703. The van der Waals surface area contributed by atoms with Gasteiger partial charge in [0.25, 0.3) is 0 Å². The maximum atomic E-state index is 9.96. The average molecular weight is 291 g/mol. The van der Waals surface area contributed by atoms with Crippen LogP contribution in [0.5, 0.6) is 5.75 Å². The average Bonchev–Trinajstić information content (AvgIpc) is 2.26. The van der Waals surface area contributed by atoms with Gasteiger partial charge in [-0.1, -0.05) is 18.0 Å². The van der Waals surface area contributed by atoms with Crippen molar-refractivity contribution in [3.63, 3.8) is 0 Å². The van der Waals surface area contributed by atoms with E-state index in [1.807, 2.05) is 6.07 Å². The van der Waals surface area contributed by atoms with E-state index in [-0.39, 0.29) is 11.8 Å². The molecule has 2 N–H and O–H groups in total. The third kappa shape index (κ3) is 2.30. The first kappa shape index (κ1) is 11.2. The molecule has 0 aliphatic carbocycles. The van der Waals surface area contributed by atoms with Crippen molar-refractivity contribution in [2.45, 2.75) is 25.3 Å². The summed E-state index contributed by atoms with van der Waals surface area (Å²) >= 11 is 9.42. The molecule has 1 atom stereocenters. The molecule has 0 aromatic heterocycles. The summed E-state index contributed by atoms with van der Waals surface area (Å²) in [6, 6.07) is 3.77. The van der Waals surface area contributed by atoms with Crippen LogP contribution in [0.3, 0.4) is 0 Å². The Balaban J connectivity index is 2.36. The summed E-state index contributed by atoms with van der Waals surface area (Å²) in [6.07, 6.45) is 3.41. The Hall–Kier alpha value is -0.250. The Morgan fingerprint density at radius 3 is 2.87 bits per heavy atom. The third-order valence-electron chi connectivity index (χ3n) is 2.77. The topological polar surface area (TPSA) is 32.3 Å². The van der Waals surface area contributed by atoms with Crippen molar-refractivity contribution in [3.8, 4) is 5.75 Å². The van der Waals surface area contributed by atoms with E-state index >= 15 is 0 Å². The molecule has 1 aromatic rings. The second-order valence-corrected chi connectivity index (χ2v) is 5.06. The first-order chi connectivity index (χ1) is 7.20. The number of phenolic OH excluding ortho intramolecular Hbond substituents is 1. The minimum atomic E-state index is 0.184. The fourth-order valence-electron chi connectivity index (χ4n) is 1.99. The lowest BCUT2D eigenvalue weighted by atomic mass is 9.97. The highest BCUT2D eigenvalue weighted by Gasteiger charge is 2.21. The summed E-state index contributed by atoms with van der Waals surface area (Å²) in [7, 11) is 0. The lowest BCUT2D eigenvalue weighted by Crippen LogP contribution is -2.27. The summed E-state index contributed by atoms with van der Waals surface area (Å²) in [4.78, 5) is 0. The first-order valence-electron chi connectivity index (χ1n) is 5.10. The minimum absolute atomic E-state index is 0.184. The van der Waals surface area contributed by atoms with Crippen LogP contribution in [0.1, 0.15) is 30.9 Å². The fourth-order valence-corrected chi connectivity index (χ4v) is 2.62. The quantitative estimate of drug-likeness (QED) is 0.828. The van der Waals surface area contributed by atoms with Crippen molar-refractivity contribution < 1.29 is 5.11 Å². The van der Waals surface area contributed by atoms with Crippen molar-refractivity contribution in [2.24, 2.45) is 0 Å². The molecule has 2 rings (SSSR count). The van der Waals surface area contributed by atoms with Gasteiger partial charge in [-0.3, -0.25) is 0 Å². The highest BCUT2D eigenvalue weighted by Crippen LogP contribution is 2.39. The van der Waals surface area contributed by atoms with E-state index in [1.165, 1.54) is 12.8 Å². The van der Waals surface area contributed by atoms with Gasteiger partial charge in [-0.05, 0) is 47.4 Å². The zero-order valence-corrected chi connectivity index (χ0v) is 10.6. The largest absolute Gasteiger partial charge is 0.506 e. The molecule has 0 amide bonds. The van der Waals surface area contributed by atoms with Gasteiger partial charge in [0.1, 0.15) is 5.75 Å². The van der Waals surface area contributed by atoms with Gasteiger partial charge in [-0.25, -0.2) is 0 Å². The monoisotopic (exact) mass is 289 g/mol. The zero-order chi connectivity index (χ0) is 10.8. The van der Waals surface area contributed by atoms with Gasteiger partial charge in [-0.2, -0.15) is 0 Å². The molecular formula is C11H13BrClNO. The van der Waals surface area contributed by atoms with Gasteiger partial charge >= 0.3 is 0 Å². The maximum Gasteiger partial charge on any atom is 0.136 e. The molecule has 2 nitrogen and oxygen atoms in total. The molecule has 1 heterocycles. The van der Waals surface area contributed by atoms with Crippen LogP contribution in [0, 0.1) is 0 Å². The number of aromatic hydroxyl groups is 1. The molecule has 0 unspecified atom stereocenters. The van der Waals surface area contributed by atoms with Crippen molar-refractivity contribution in [1.29, 1.82) is 0 Å². The van der Waals surface area contributed by atoms with Crippen LogP contribution in [0.15, 0.2) is 16.6 Å². The Kier molecular flexibility index (Phi) is 3.54. The Labute approximate surface area is 103 Å². The lowest BCUT2D eigenvalue weighted by Gasteiger charge is -2.25. The molecule has 0 bridgehead atoms. The van der Waals surface area contributed by atoms with Crippen LogP contribution >= 0.6 is 27.5 Å². The third-order valence-corrected chi connectivity index (χ3v) is 3.74. The number of rotatable bonds is 1. The van der Waals surface area contributed by atoms with E-state index in [1.54, 1.807) is 6.07 Å². The number of halogens is 2.